The lowest BCUT2D eigenvalue weighted by molar-refractivity contribution is -0.132. The smallest absolute Gasteiger partial charge is 0.236 e. The molecule has 1 aromatic carbocycles. The van der Waals surface area contributed by atoms with Crippen LogP contribution in [0.5, 0.6) is 5.75 Å². The Morgan fingerprint density at radius 3 is 2.86 bits per heavy atom. The van der Waals surface area contributed by atoms with Crippen molar-refractivity contribution in [2.75, 3.05) is 33.3 Å². The molecule has 1 atom stereocenters. The van der Waals surface area contributed by atoms with E-state index in [-0.39, 0.29) is 12.0 Å². The highest BCUT2D eigenvalue weighted by Crippen LogP contribution is 2.17. The van der Waals surface area contributed by atoms with Crippen molar-refractivity contribution < 1.29 is 14.3 Å². The molecule has 1 amide bonds. The van der Waals surface area contributed by atoms with Crippen LogP contribution >= 0.6 is 0 Å². The van der Waals surface area contributed by atoms with Gasteiger partial charge in [0.2, 0.25) is 5.91 Å². The van der Waals surface area contributed by atoms with Crippen molar-refractivity contribution in [1.82, 2.24) is 20.0 Å². The fourth-order valence-corrected chi connectivity index (χ4v) is 3.48. The number of ether oxygens (including phenoxy) is 2. The standard InChI is InChI=1S/C21H30N4O3/c1-16(2)10-25-13-20(28-15-17-5-4-6-19(9-17)27-3)12-24(14-21(25)26)11-18-7-8-22-23-18/h4-9,16,20H,10-15H2,1-3H3,(H,22,23). The number of amides is 1. The van der Waals surface area contributed by atoms with E-state index in [1.165, 1.54) is 0 Å². The molecule has 28 heavy (non-hydrogen) atoms. The first kappa shape index (κ1) is 20.4. The average Bonchev–Trinajstić information content (AvgIpc) is 3.13. The number of hydrogen-bond acceptors (Lipinski definition) is 5. The molecule has 7 nitrogen and oxygen atoms in total. The van der Waals surface area contributed by atoms with E-state index in [1.54, 1.807) is 13.3 Å². The zero-order valence-corrected chi connectivity index (χ0v) is 16.9. The molecule has 1 aliphatic rings. The van der Waals surface area contributed by atoms with E-state index >= 15 is 0 Å². The number of hydrogen-bond donors (Lipinski definition) is 1. The van der Waals surface area contributed by atoms with Crippen molar-refractivity contribution in [2.45, 2.75) is 33.1 Å². The Labute approximate surface area is 166 Å². The zero-order chi connectivity index (χ0) is 19.9. The second kappa shape index (κ2) is 9.71. The van der Waals surface area contributed by atoms with Gasteiger partial charge in [0.1, 0.15) is 5.75 Å². The Bertz CT molecular complexity index is 748. The van der Waals surface area contributed by atoms with E-state index in [1.807, 2.05) is 35.2 Å². The van der Waals surface area contributed by atoms with Crippen LogP contribution in [0.25, 0.3) is 0 Å². The van der Waals surface area contributed by atoms with Crippen LogP contribution in [0.1, 0.15) is 25.1 Å². The van der Waals surface area contributed by atoms with Crippen LogP contribution in [0, 0.1) is 5.92 Å². The predicted molar refractivity (Wildman–Crippen MR) is 107 cm³/mol. The van der Waals surface area contributed by atoms with Gasteiger partial charge in [-0.3, -0.25) is 14.8 Å². The van der Waals surface area contributed by atoms with Crippen LogP contribution in [-0.2, 0) is 22.7 Å². The van der Waals surface area contributed by atoms with Gasteiger partial charge in [-0.25, -0.2) is 0 Å². The SMILES string of the molecule is COc1cccc(COC2CN(Cc3ccn[nH]3)CC(=O)N(CC(C)C)C2)c1. The lowest BCUT2D eigenvalue weighted by atomic mass is 10.2. The lowest BCUT2D eigenvalue weighted by Crippen LogP contribution is -2.40. The Balaban J connectivity index is 1.68. The molecule has 0 aliphatic carbocycles. The molecular formula is C21H30N4O3. The highest BCUT2D eigenvalue weighted by molar-refractivity contribution is 5.78. The van der Waals surface area contributed by atoms with E-state index < -0.39 is 0 Å². The molecule has 3 rings (SSSR count). The van der Waals surface area contributed by atoms with Gasteiger partial charge in [0, 0.05) is 38.1 Å². The monoisotopic (exact) mass is 386 g/mol. The Hall–Kier alpha value is -2.38. The highest BCUT2D eigenvalue weighted by Gasteiger charge is 2.29. The Kier molecular flexibility index (Phi) is 7.06. The van der Waals surface area contributed by atoms with Crippen molar-refractivity contribution in [3.8, 4) is 5.75 Å². The van der Waals surface area contributed by atoms with Gasteiger partial charge >= 0.3 is 0 Å². The maximum absolute atomic E-state index is 12.8. The van der Waals surface area contributed by atoms with Gasteiger partial charge in [-0.2, -0.15) is 5.10 Å². The minimum absolute atomic E-state index is 0.0562. The molecule has 0 saturated carbocycles. The van der Waals surface area contributed by atoms with Gasteiger partial charge in [-0.05, 0) is 29.7 Å². The van der Waals surface area contributed by atoms with Crippen molar-refractivity contribution in [3.05, 3.63) is 47.8 Å². The molecule has 152 valence electrons. The van der Waals surface area contributed by atoms with Crippen LogP contribution in [-0.4, -0.2) is 65.3 Å². The number of H-pyrrole nitrogens is 1. The van der Waals surface area contributed by atoms with Crippen molar-refractivity contribution in [3.63, 3.8) is 0 Å². The summed E-state index contributed by atoms with van der Waals surface area (Å²) in [6.07, 6.45) is 1.68. The van der Waals surface area contributed by atoms with Gasteiger partial charge in [0.25, 0.3) is 0 Å². The number of aromatic amines is 1. The summed E-state index contributed by atoms with van der Waals surface area (Å²) < 4.78 is 11.5. The molecule has 1 unspecified atom stereocenters. The molecule has 1 aliphatic heterocycles. The number of nitrogens with zero attached hydrogens (tertiary/aromatic N) is 3. The third-order valence-electron chi connectivity index (χ3n) is 4.76. The molecule has 0 radical (unpaired) electrons. The fraction of sp³-hybridized carbons (Fsp3) is 0.524. The summed E-state index contributed by atoms with van der Waals surface area (Å²) in [6.45, 7) is 7.85. The van der Waals surface area contributed by atoms with Gasteiger partial charge in [0.15, 0.2) is 0 Å². The number of methoxy groups -OCH3 is 1. The largest absolute Gasteiger partial charge is 0.497 e. The number of aromatic nitrogens is 2. The number of benzene rings is 1. The second-order valence-electron chi connectivity index (χ2n) is 7.73. The maximum atomic E-state index is 12.8. The van der Waals surface area contributed by atoms with Gasteiger partial charge in [0.05, 0.1) is 26.4 Å². The molecule has 1 aromatic heterocycles. The second-order valence-corrected chi connectivity index (χ2v) is 7.73. The molecule has 1 saturated heterocycles. The van der Waals surface area contributed by atoms with Gasteiger partial charge in [-0.15, -0.1) is 0 Å². The maximum Gasteiger partial charge on any atom is 0.236 e. The quantitative estimate of drug-likeness (QED) is 0.754. The molecular weight excluding hydrogens is 356 g/mol. The summed E-state index contributed by atoms with van der Waals surface area (Å²) in [5.74, 6) is 1.39. The average molecular weight is 386 g/mol. The Morgan fingerprint density at radius 2 is 2.14 bits per heavy atom. The molecule has 2 heterocycles. The van der Waals surface area contributed by atoms with Crippen LogP contribution in [0.3, 0.4) is 0 Å². The molecule has 7 heteroatoms. The first-order chi connectivity index (χ1) is 13.5. The third kappa shape index (κ3) is 5.81. The minimum atomic E-state index is -0.0562. The number of carbonyl (C=O) groups excluding carboxylic acids is 1. The molecule has 0 spiro atoms. The van der Waals surface area contributed by atoms with Crippen LogP contribution in [0.2, 0.25) is 0 Å². The van der Waals surface area contributed by atoms with E-state index in [2.05, 4.69) is 28.9 Å². The van der Waals surface area contributed by atoms with Crippen molar-refractivity contribution in [2.24, 2.45) is 5.92 Å². The Morgan fingerprint density at radius 1 is 1.29 bits per heavy atom. The van der Waals surface area contributed by atoms with E-state index in [0.717, 1.165) is 23.6 Å². The molecule has 1 N–H and O–H groups in total. The van der Waals surface area contributed by atoms with Crippen LogP contribution < -0.4 is 4.74 Å². The van der Waals surface area contributed by atoms with Gasteiger partial charge < -0.3 is 14.4 Å². The van der Waals surface area contributed by atoms with Gasteiger partial charge in [-0.1, -0.05) is 26.0 Å². The van der Waals surface area contributed by atoms with E-state index in [0.29, 0.717) is 38.7 Å². The zero-order valence-electron chi connectivity index (χ0n) is 16.9. The van der Waals surface area contributed by atoms with E-state index in [4.69, 9.17) is 9.47 Å². The summed E-state index contributed by atoms with van der Waals surface area (Å²) in [4.78, 5) is 16.8. The topological polar surface area (TPSA) is 70.7 Å². The lowest BCUT2D eigenvalue weighted by Gasteiger charge is -2.26. The molecule has 1 fully saturated rings. The molecule has 2 aromatic rings. The first-order valence-corrected chi connectivity index (χ1v) is 9.76. The summed E-state index contributed by atoms with van der Waals surface area (Å²) >= 11 is 0. The van der Waals surface area contributed by atoms with Crippen LogP contribution in [0.15, 0.2) is 36.5 Å². The summed E-state index contributed by atoms with van der Waals surface area (Å²) in [5, 5.41) is 6.98. The van der Waals surface area contributed by atoms with Crippen molar-refractivity contribution >= 4 is 5.91 Å². The summed E-state index contributed by atoms with van der Waals surface area (Å²) in [7, 11) is 1.66. The normalized spacial score (nSPS) is 18.5. The summed E-state index contributed by atoms with van der Waals surface area (Å²) in [5.41, 5.74) is 2.06. The number of rotatable bonds is 8. The minimum Gasteiger partial charge on any atom is -0.497 e. The fourth-order valence-electron chi connectivity index (χ4n) is 3.48. The molecule has 0 bridgehead atoms. The predicted octanol–water partition coefficient (Wildman–Crippen LogP) is 2.30. The highest BCUT2D eigenvalue weighted by atomic mass is 16.5. The third-order valence-corrected chi connectivity index (χ3v) is 4.76. The van der Waals surface area contributed by atoms with Crippen molar-refractivity contribution in [1.29, 1.82) is 0 Å². The number of nitrogens with one attached hydrogen (secondary N) is 1. The summed E-state index contributed by atoms with van der Waals surface area (Å²) in [6, 6.07) is 9.83. The van der Waals surface area contributed by atoms with Crippen LogP contribution in [0.4, 0.5) is 0 Å². The number of carbonyl (C=O) groups is 1. The first-order valence-electron chi connectivity index (χ1n) is 9.76. The van der Waals surface area contributed by atoms with E-state index in [9.17, 15) is 4.79 Å².